The van der Waals surface area contributed by atoms with Crippen LogP contribution in [0.1, 0.15) is 56.9 Å². The van der Waals surface area contributed by atoms with Crippen molar-refractivity contribution in [3.8, 4) is 0 Å². The summed E-state index contributed by atoms with van der Waals surface area (Å²) in [6, 6.07) is 9.98. The SMILES string of the molecule is O=C(O)CCCCCC[C@H]1C(=O)C[C@@H](O)[C@@H]1C=C[C@@H](O)CCc1ccccc1. The number of aliphatic hydroxyl groups excluding tert-OH is 2. The number of hydrogen-bond donors (Lipinski definition) is 3. The van der Waals surface area contributed by atoms with Crippen LogP contribution in [0.5, 0.6) is 0 Å². The van der Waals surface area contributed by atoms with E-state index in [2.05, 4.69) is 0 Å². The molecule has 1 fully saturated rings. The summed E-state index contributed by atoms with van der Waals surface area (Å²) < 4.78 is 0. The van der Waals surface area contributed by atoms with Gasteiger partial charge in [-0.2, -0.15) is 0 Å². The molecule has 1 aliphatic carbocycles. The van der Waals surface area contributed by atoms with Crippen LogP contribution in [0.25, 0.3) is 0 Å². The smallest absolute Gasteiger partial charge is 0.303 e. The number of Topliss-reactive ketones (excluding diaryl/α,β-unsaturated/α-hetero) is 1. The molecule has 1 aromatic carbocycles. The number of ketones is 1. The molecule has 3 N–H and O–H groups in total. The summed E-state index contributed by atoms with van der Waals surface area (Å²) >= 11 is 0. The fourth-order valence-electron chi connectivity index (χ4n) is 3.90. The Bertz CT molecular complexity index is 640. The number of aliphatic hydroxyl groups is 2. The maximum Gasteiger partial charge on any atom is 0.303 e. The lowest BCUT2D eigenvalue weighted by Crippen LogP contribution is -2.19. The Morgan fingerprint density at radius 2 is 1.86 bits per heavy atom. The summed E-state index contributed by atoms with van der Waals surface area (Å²) in [7, 11) is 0. The van der Waals surface area contributed by atoms with E-state index in [1.807, 2.05) is 36.4 Å². The Morgan fingerprint density at radius 3 is 2.57 bits per heavy atom. The van der Waals surface area contributed by atoms with Crippen LogP contribution < -0.4 is 0 Å². The highest BCUT2D eigenvalue weighted by Gasteiger charge is 2.39. The van der Waals surface area contributed by atoms with Crippen LogP contribution in [-0.2, 0) is 16.0 Å². The second-order valence-electron chi connectivity index (χ2n) is 7.74. The van der Waals surface area contributed by atoms with Gasteiger partial charge in [-0.1, -0.05) is 61.7 Å². The van der Waals surface area contributed by atoms with Crippen molar-refractivity contribution in [1.82, 2.24) is 0 Å². The standard InChI is InChI=1S/C23H32O5/c24-18(13-12-17-8-4-3-5-9-17)14-15-20-19(21(25)16-22(20)26)10-6-1-2-7-11-23(27)28/h3-5,8-9,14-15,18-20,22,24,26H,1-2,6-7,10-13,16H2,(H,27,28)/t18-,19+,20+,22+/m0/s1. The van der Waals surface area contributed by atoms with E-state index in [0.29, 0.717) is 19.3 Å². The van der Waals surface area contributed by atoms with Crippen molar-refractivity contribution in [3.63, 3.8) is 0 Å². The van der Waals surface area contributed by atoms with E-state index in [4.69, 9.17) is 5.11 Å². The van der Waals surface area contributed by atoms with Crippen molar-refractivity contribution in [3.05, 3.63) is 48.0 Å². The van der Waals surface area contributed by atoms with E-state index < -0.39 is 18.2 Å². The topological polar surface area (TPSA) is 94.8 Å². The third-order valence-corrected chi connectivity index (χ3v) is 5.52. The van der Waals surface area contributed by atoms with Crippen LogP contribution in [0, 0.1) is 11.8 Å². The molecular weight excluding hydrogens is 356 g/mol. The molecular formula is C23H32O5. The van der Waals surface area contributed by atoms with Gasteiger partial charge in [0.2, 0.25) is 0 Å². The Labute approximate surface area is 167 Å². The number of aryl methyl sites for hydroxylation is 1. The Hall–Kier alpha value is -1.98. The molecule has 2 rings (SSSR count). The van der Waals surface area contributed by atoms with Crippen molar-refractivity contribution >= 4 is 11.8 Å². The molecule has 0 bridgehead atoms. The number of rotatable bonds is 12. The summed E-state index contributed by atoms with van der Waals surface area (Å²) in [6.07, 6.45) is 7.96. The highest BCUT2D eigenvalue weighted by molar-refractivity contribution is 5.84. The average Bonchev–Trinajstić information content (AvgIpc) is 2.94. The van der Waals surface area contributed by atoms with Crippen LogP contribution in [0.15, 0.2) is 42.5 Å². The normalized spacial score (nSPS) is 23.4. The summed E-state index contributed by atoms with van der Waals surface area (Å²) in [4.78, 5) is 22.7. The fourth-order valence-corrected chi connectivity index (χ4v) is 3.90. The number of hydrogen-bond acceptors (Lipinski definition) is 4. The zero-order valence-corrected chi connectivity index (χ0v) is 16.4. The molecule has 0 aliphatic heterocycles. The monoisotopic (exact) mass is 388 g/mol. The van der Waals surface area contributed by atoms with Gasteiger partial charge in [-0.25, -0.2) is 0 Å². The van der Waals surface area contributed by atoms with Gasteiger partial charge in [0.25, 0.3) is 0 Å². The molecule has 1 aromatic rings. The molecule has 28 heavy (non-hydrogen) atoms. The van der Waals surface area contributed by atoms with E-state index in [9.17, 15) is 19.8 Å². The molecule has 5 nitrogen and oxygen atoms in total. The zero-order chi connectivity index (χ0) is 20.4. The lowest BCUT2D eigenvalue weighted by molar-refractivity contribution is -0.137. The van der Waals surface area contributed by atoms with E-state index in [0.717, 1.165) is 25.7 Å². The highest BCUT2D eigenvalue weighted by atomic mass is 16.4. The quantitative estimate of drug-likeness (QED) is 0.376. The third kappa shape index (κ3) is 7.56. The van der Waals surface area contributed by atoms with Gasteiger partial charge in [-0.15, -0.1) is 0 Å². The summed E-state index contributed by atoms with van der Waals surface area (Å²) in [5, 5.41) is 29.1. The van der Waals surface area contributed by atoms with E-state index >= 15 is 0 Å². The minimum absolute atomic E-state index is 0.0893. The van der Waals surface area contributed by atoms with Crippen LogP contribution >= 0.6 is 0 Å². The zero-order valence-electron chi connectivity index (χ0n) is 16.4. The summed E-state index contributed by atoms with van der Waals surface area (Å²) in [6.45, 7) is 0. The van der Waals surface area contributed by atoms with Crippen LogP contribution in [0.2, 0.25) is 0 Å². The molecule has 0 unspecified atom stereocenters. The first-order valence-corrected chi connectivity index (χ1v) is 10.3. The molecule has 0 saturated heterocycles. The van der Waals surface area contributed by atoms with E-state index in [1.54, 1.807) is 6.08 Å². The van der Waals surface area contributed by atoms with Gasteiger partial charge in [0, 0.05) is 24.7 Å². The number of carboxylic acid groups (broad SMARTS) is 1. The Morgan fingerprint density at radius 1 is 1.14 bits per heavy atom. The van der Waals surface area contributed by atoms with Gasteiger partial charge in [0.05, 0.1) is 12.2 Å². The number of carboxylic acids is 1. The maximum absolute atomic E-state index is 12.2. The molecule has 0 amide bonds. The Kier molecular flexibility index (Phi) is 9.38. The largest absolute Gasteiger partial charge is 0.481 e. The molecule has 4 atom stereocenters. The number of carbonyl (C=O) groups is 2. The first-order chi connectivity index (χ1) is 13.5. The van der Waals surface area contributed by atoms with Crippen LogP contribution in [0.4, 0.5) is 0 Å². The molecule has 1 saturated carbocycles. The first kappa shape index (κ1) is 22.3. The van der Waals surface area contributed by atoms with Gasteiger partial charge < -0.3 is 15.3 Å². The van der Waals surface area contributed by atoms with Crippen LogP contribution in [0.3, 0.4) is 0 Å². The second kappa shape index (κ2) is 11.8. The lowest BCUT2D eigenvalue weighted by atomic mass is 9.88. The molecule has 0 spiro atoms. The molecule has 1 aliphatic rings. The highest BCUT2D eigenvalue weighted by Crippen LogP contribution is 2.34. The predicted octanol–water partition coefficient (Wildman–Crippen LogP) is 3.53. The average molecular weight is 389 g/mol. The second-order valence-corrected chi connectivity index (χ2v) is 7.74. The van der Waals surface area contributed by atoms with Gasteiger partial charge in [-0.05, 0) is 31.2 Å². The van der Waals surface area contributed by atoms with Gasteiger partial charge in [-0.3, -0.25) is 9.59 Å². The number of carbonyl (C=O) groups excluding carboxylic acids is 1. The first-order valence-electron chi connectivity index (χ1n) is 10.3. The molecule has 5 heteroatoms. The molecule has 154 valence electrons. The van der Waals surface area contributed by atoms with Crippen molar-refractivity contribution in [1.29, 1.82) is 0 Å². The van der Waals surface area contributed by atoms with Crippen molar-refractivity contribution in [2.45, 2.75) is 70.0 Å². The predicted molar refractivity (Wildman–Crippen MR) is 108 cm³/mol. The number of unbranched alkanes of at least 4 members (excludes halogenated alkanes) is 3. The summed E-state index contributed by atoms with van der Waals surface area (Å²) in [5.41, 5.74) is 1.17. The van der Waals surface area contributed by atoms with Crippen molar-refractivity contribution < 1.29 is 24.9 Å². The number of benzene rings is 1. The van der Waals surface area contributed by atoms with Gasteiger partial charge in [0.1, 0.15) is 5.78 Å². The maximum atomic E-state index is 12.2. The number of aliphatic carboxylic acids is 1. The molecule has 0 radical (unpaired) electrons. The van der Waals surface area contributed by atoms with Gasteiger partial charge in [0.15, 0.2) is 0 Å². The van der Waals surface area contributed by atoms with Crippen molar-refractivity contribution in [2.24, 2.45) is 11.8 Å². The van der Waals surface area contributed by atoms with Crippen molar-refractivity contribution in [2.75, 3.05) is 0 Å². The summed E-state index contributed by atoms with van der Waals surface area (Å²) in [5.74, 6) is -1.12. The Balaban J connectivity index is 1.77. The minimum Gasteiger partial charge on any atom is -0.481 e. The van der Waals surface area contributed by atoms with Crippen LogP contribution in [-0.4, -0.2) is 39.3 Å². The molecule has 0 aromatic heterocycles. The van der Waals surface area contributed by atoms with E-state index in [-0.39, 0.29) is 30.5 Å². The lowest BCUT2D eigenvalue weighted by Gasteiger charge is -2.18. The molecule has 0 heterocycles. The van der Waals surface area contributed by atoms with Gasteiger partial charge >= 0.3 is 5.97 Å². The minimum atomic E-state index is -0.773. The van der Waals surface area contributed by atoms with E-state index in [1.165, 1.54) is 5.56 Å². The fraction of sp³-hybridized carbons (Fsp3) is 0.565. The third-order valence-electron chi connectivity index (χ3n) is 5.52.